The number of nitrogens with zero attached hydrogens (tertiary/aromatic N) is 4. The molecule has 0 radical (unpaired) electrons. The van der Waals surface area contributed by atoms with Crippen molar-refractivity contribution in [2.45, 2.75) is 0 Å². The minimum Gasteiger partial charge on any atom is -0.265 e. The summed E-state index contributed by atoms with van der Waals surface area (Å²) in [5.74, 6) is 0. The lowest BCUT2D eigenvalue weighted by Gasteiger charge is -1.87. The summed E-state index contributed by atoms with van der Waals surface area (Å²) in [5, 5.41) is 8.80. The largest absolute Gasteiger partial charge is 0.265 e. The number of rotatable bonds is 2. The Morgan fingerprint density at radius 2 is 1.92 bits per heavy atom. The lowest BCUT2D eigenvalue weighted by molar-refractivity contribution is 1.22. The Bertz CT molecular complexity index is 382. The summed E-state index contributed by atoms with van der Waals surface area (Å²) in [5.41, 5.74) is 2.52. The standard InChI is InChI=1S/C8H6N4S/c1-3-9-4-2-7(1)11-12-8-5-10-6-13-8/h1-6H. The topological polar surface area (TPSA) is 50.5 Å². The zero-order valence-corrected chi connectivity index (χ0v) is 7.48. The molecule has 0 aliphatic rings. The van der Waals surface area contributed by atoms with Gasteiger partial charge in [-0.05, 0) is 12.1 Å². The van der Waals surface area contributed by atoms with E-state index in [0.29, 0.717) is 0 Å². The van der Waals surface area contributed by atoms with Gasteiger partial charge in [-0.25, -0.2) is 0 Å². The molecule has 0 unspecified atom stereocenters. The third-order valence-corrected chi connectivity index (χ3v) is 2.00. The number of azo groups is 1. The van der Waals surface area contributed by atoms with Crippen molar-refractivity contribution in [3.63, 3.8) is 0 Å². The second-order valence-corrected chi connectivity index (χ2v) is 3.11. The summed E-state index contributed by atoms with van der Waals surface area (Å²) in [4.78, 5) is 7.77. The van der Waals surface area contributed by atoms with E-state index >= 15 is 0 Å². The van der Waals surface area contributed by atoms with Crippen molar-refractivity contribution in [3.05, 3.63) is 36.2 Å². The van der Waals surface area contributed by atoms with Crippen molar-refractivity contribution in [3.8, 4) is 0 Å². The molecule has 5 heteroatoms. The minimum absolute atomic E-state index is 0.795. The quantitative estimate of drug-likeness (QED) is 0.683. The number of aromatic nitrogens is 2. The van der Waals surface area contributed by atoms with Crippen LogP contribution in [0.2, 0.25) is 0 Å². The van der Waals surface area contributed by atoms with Gasteiger partial charge in [0.05, 0.1) is 17.4 Å². The molecule has 0 N–H and O–H groups in total. The van der Waals surface area contributed by atoms with E-state index in [1.165, 1.54) is 11.3 Å². The molecule has 0 spiro atoms. The highest BCUT2D eigenvalue weighted by Crippen LogP contribution is 2.20. The van der Waals surface area contributed by atoms with Crippen molar-refractivity contribution in [1.82, 2.24) is 9.97 Å². The SMILES string of the molecule is c1cc(N=Nc2cncs2)ccn1. The van der Waals surface area contributed by atoms with Crippen LogP contribution in [0.5, 0.6) is 0 Å². The molecule has 64 valence electrons. The van der Waals surface area contributed by atoms with E-state index in [-0.39, 0.29) is 0 Å². The summed E-state index contributed by atoms with van der Waals surface area (Å²) >= 11 is 1.46. The first-order valence-electron chi connectivity index (χ1n) is 3.65. The first kappa shape index (κ1) is 8.00. The highest BCUT2D eigenvalue weighted by Gasteiger charge is 1.89. The molecule has 0 saturated carbocycles. The van der Waals surface area contributed by atoms with Crippen LogP contribution in [0, 0.1) is 0 Å². The van der Waals surface area contributed by atoms with Gasteiger partial charge in [-0.15, -0.1) is 21.6 Å². The van der Waals surface area contributed by atoms with Crippen LogP contribution < -0.4 is 0 Å². The fraction of sp³-hybridized carbons (Fsp3) is 0. The van der Waals surface area contributed by atoms with Crippen molar-refractivity contribution < 1.29 is 0 Å². The minimum atomic E-state index is 0.795. The Morgan fingerprint density at radius 3 is 2.62 bits per heavy atom. The van der Waals surface area contributed by atoms with Gasteiger partial charge in [0, 0.05) is 12.4 Å². The second-order valence-electron chi connectivity index (χ2n) is 2.25. The van der Waals surface area contributed by atoms with Gasteiger partial charge in [0.1, 0.15) is 0 Å². The average Bonchev–Trinajstić information content (AvgIpc) is 2.69. The van der Waals surface area contributed by atoms with Crippen LogP contribution in [0.15, 0.2) is 46.5 Å². The van der Waals surface area contributed by atoms with Gasteiger partial charge in [-0.3, -0.25) is 9.97 Å². The van der Waals surface area contributed by atoms with E-state index in [2.05, 4.69) is 20.2 Å². The van der Waals surface area contributed by atoms with Crippen LogP contribution in [0.25, 0.3) is 0 Å². The second kappa shape index (κ2) is 3.86. The molecule has 0 aliphatic carbocycles. The van der Waals surface area contributed by atoms with E-state index in [4.69, 9.17) is 0 Å². The van der Waals surface area contributed by atoms with E-state index in [1.54, 1.807) is 36.2 Å². The van der Waals surface area contributed by atoms with E-state index in [1.807, 2.05) is 0 Å². The zero-order valence-electron chi connectivity index (χ0n) is 6.66. The lowest BCUT2D eigenvalue weighted by atomic mass is 10.4. The Balaban J connectivity index is 2.15. The molecule has 0 aromatic carbocycles. The molecule has 13 heavy (non-hydrogen) atoms. The maximum absolute atomic E-state index is 4.00. The van der Waals surface area contributed by atoms with Gasteiger partial charge in [0.15, 0.2) is 5.00 Å². The molecule has 0 aliphatic heterocycles. The number of hydrogen-bond acceptors (Lipinski definition) is 5. The third-order valence-electron chi connectivity index (χ3n) is 1.35. The van der Waals surface area contributed by atoms with Crippen LogP contribution in [0.3, 0.4) is 0 Å². The van der Waals surface area contributed by atoms with Gasteiger partial charge in [-0.2, -0.15) is 0 Å². The molecule has 0 fully saturated rings. The number of pyridine rings is 1. The number of hydrogen-bond donors (Lipinski definition) is 0. The van der Waals surface area contributed by atoms with Gasteiger partial charge < -0.3 is 0 Å². The number of thiazole rings is 1. The molecule has 4 nitrogen and oxygen atoms in total. The van der Waals surface area contributed by atoms with Crippen molar-refractivity contribution in [2.24, 2.45) is 10.2 Å². The monoisotopic (exact) mass is 190 g/mol. The summed E-state index contributed by atoms with van der Waals surface area (Å²) < 4.78 is 0. The van der Waals surface area contributed by atoms with Crippen molar-refractivity contribution in [1.29, 1.82) is 0 Å². The Hall–Kier alpha value is -1.62. The van der Waals surface area contributed by atoms with E-state index in [0.717, 1.165) is 10.7 Å². The summed E-state index contributed by atoms with van der Waals surface area (Å²) in [6.45, 7) is 0. The predicted molar refractivity (Wildman–Crippen MR) is 50.5 cm³/mol. The first-order chi connectivity index (χ1) is 6.45. The van der Waals surface area contributed by atoms with Crippen LogP contribution in [0.4, 0.5) is 10.7 Å². The van der Waals surface area contributed by atoms with Crippen LogP contribution in [0.1, 0.15) is 0 Å². The molecular weight excluding hydrogens is 184 g/mol. The summed E-state index contributed by atoms with van der Waals surface area (Å²) in [6, 6.07) is 3.59. The van der Waals surface area contributed by atoms with Crippen molar-refractivity contribution in [2.75, 3.05) is 0 Å². The van der Waals surface area contributed by atoms with Gasteiger partial charge >= 0.3 is 0 Å². The Morgan fingerprint density at radius 1 is 1.08 bits per heavy atom. The summed E-state index contributed by atoms with van der Waals surface area (Å²) in [7, 11) is 0. The van der Waals surface area contributed by atoms with Crippen LogP contribution in [-0.4, -0.2) is 9.97 Å². The summed E-state index contributed by atoms with van der Waals surface area (Å²) in [6.07, 6.45) is 5.04. The zero-order chi connectivity index (χ0) is 8.93. The van der Waals surface area contributed by atoms with Crippen molar-refractivity contribution >= 4 is 22.0 Å². The fourth-order valence-electron chi connectivity index (χ4n) is 0.776. The Labute approximate surface area is 79.0 Å². The van der Waals surface area contributed by atoms with Crippen LogP contribution in [-0.2, 0) is 0 Å². The van der Waals surface area contributed by atoms with Gasteiger partial charge in [0.2, 0.25) is 0 Å². The molecule has 2 aromatic heterocycles. The highest BCUT2D eigenvalue weighted by molar-refractivity contribution is 7.13. The normalized spacial score (nSPS) is 10.8. The maximum atomic E-state index is 4.00. The molecule has 2 aromatic rings. The van der Waals surface area contributed by atoms with Crippen LogP contribution >= 0.6 is 11.3 Å². The van der Waals surface area contributed by atoms with Gasteiger partial charge in [0.25, 0.3) is 0 Å². The molecular formula is C8H6N4S. The molecule has 0 saturated heterocycles. The molecule has 2 heterocycles. The lowest BCUT2D eigenvalue weighted by Crippen LogP contribution is -1.65. The third kappa shape index (κ3) is 2.16. The smallest absolute Gasteiger partial charge is 0.158 e. The maximum Gasteiger partial charge on any atom is 0.158 e. The van der Waals surface area contributed by atoms with E-state index < -0.39 is 0 Å². The highest BCUT2D eigenvalue weighted by atomic mass is 32.1. The molecule has 0 bridgehead atoms. The molecule has 0 amide bonds. The molecule has 2 rings (SSSR count). The predicted octanol–water partition coefficient (Wildman–Crippen LogP) is 2.95. The fourth-order valence-corrected chi connectivity index (χ4v) is 1.22. The average molecular weight is 190 g/mol. The van der Waals surface area contributed by atoms with E-state index in [9.17, 15) is 0 Å². The molecule has 0 atom stereocenters. The first-order valence-corrected chi connectivity index (χ1v) is 4.53. The van der Waals surface area contributed by atoms with Gasteiger partial charge in [-0.1, -0.05) is 0 Å². The Kier molecular flexibility index (Phi) is 2.38.